The first-order chi connectivity index (χ1) is 29.7. The van der Waals surface area contributed by atoms with Crippen molar-refractivity contribution in [1.82, 2.24) is 0 Å². The molecule has 0 amide bonds. The maximum absolute atomic E-state index is 2.76. The zero-order chi connectivity index (χ0) is 39.3. The lowest BCUT2D eigenvalue weighted by Gasteiger charge is -2.56. The van der Waals surface area contributed by atoms with Gasteiger partial charge in [0.25, 0.3) is 0 Å². The fourth-order valence-corrected chi connectivity index (χ4v) is 16.3. The van der Waals surface area contributed by atoms with Crippen molar-refractivity contribution in [2.75, 3.05) is 9.71 Å². The van der Waals surface area contributed by atoms with Crippen molar-refractivity contribution in [3.8, 4) is 22.3 Å². The minimum atomic E-state index is -1.91. The zero-order valence-corrected chi connectivity index (χ0v) is 33.8. The quantitative estimate of drug-likeness (QED) is 0.161. The van der Waals surface area contributed by atoms with Gasteiger partial charge in [0.15, 0.2) is 0 Å². The van der Waals surface area contributed by atoms with E-state index in [9.17, 15) is 0 Å². The van der Waals surface area contributed by atoms with Gasteiger partial charge in [-0.25, -0.2) is 0 Å². The average Bonchev–Trinajstić information content (AvgIpc) is 3.60. The summed E-state index contributed by atoms with van der Waals surface area (Å²) in [5.41, 5.74) is 20.7. The second-order valence-corrected chi connectivity index (χ2v) is 19.9. The molecule has 0 N–H and O–H groups in total. The first-order valence-electron chi connectivity index (χ1n) is 21.0. The topological polar surface area (TPSA) is 6.48 Å². The van der Waals surface area contributed by atoms with Crippen LogP contribution in [0.15, 0.2) is 226 Å². The van der Waals surface area contributed by atoms with Gasteiger partial charge in [0.2, 0.25) is 0 Å². The smallest absolute Gasteiger partial charge is 0.333 e. The largest absolute Gasteiger partial charge is 0.375 e. The number of para-hydroxylation sites is 4. The normalized spacial score (nSPS) is 16.1. The molecule has 280 valence electrons. The number of anilines is 5. The van der Waals surface area contributed by atoms with Crippen LogP contribution in [-0.4, -0.2) is 6.85 Å². The zero-order valence-electron chi connectivity index (χ0n) is 33.0. The van der Waals surface area contributed by atoms with E-state index in [0.29, 0.717) is 0 Å². The van der Waals surface area contributed by atoms with Gasteiger partial charge in [0.1, 0.15) is 0 Å². The summed E-state index contributed by atoms with van der Waals surface area (Å²) >= 11 is 0. The SMILES string of the molecule is Cc1cc2c3c(c1)N1c4ccccc4C4(c5ccccc5-c5ccccc54)c4cccc(c41)B3N1c3ccccc3S(c3ccccc3)(c3ccccc3)c3cccc-2c31. The van der Waals surface area contributed by atoms with Gasteiger partial charge in [-0.15, -0.1) is 10.0 Å². The Labute approximate surface area is 352 Å². The number of fused-ring (bicyclic) bond motifs is 15. The molecule has 60 heavy (non-hydrogen) atoms. The van der Waals surface area contributed by atoms with Crippen molar-refractivity contribution in [1.29, 1.82) is 0 Å². The van der Waals surface area contributed by atoms with Crippen LogP contribution in [0.2, 0.25) is 0 Å². The predicted octanol–water partition coefficient (Wildman–Crippen LogP) is 13.0. The van der Waals surface area contributed by atoms with Crippen LogP contribution in [0.4, 0.5) is 28.4 Å². The Morgan fingerprint density at radius 3 is 1.68 bits per heavy atom. The second kappa shape index (κ2) is 11.6. The minimum absolute atomic E-state index is 0.0604. The third kappa shape index (κ3) is 3.72. The molecule has 2 nitrogen and oxygen atoms in total. The molecule has 9 aromatic rings. The first-order valence-corrected chi connectivity index (χ1v) is 22.7. The Kier molecular flexibility index (Phi) is 6.36. The molecule has 0 saturated carbocycles. The highest BCUT2D eigenvalue weighted by Crippen LogP contribution is 2.80. The summed E-state index contributed by atoms with van der Waals surface area (Å²) in [6, 6.07) is 78.9. The van der Waals surface area contributed by atoms with Crippen LogP contribution in [0.3, 0.4) is 0 Å². The molecule has 14 rings (SSSR count). The molecule has 0 bridgehead atoms. The van der Waals surface area contributed by atoms with Gasteiger partial charge in [-0.2, -0.15) is 0 Å². The lowest BCUT2D eigenvalue weighted by atomic mass is 9.42. The number of hydrogen-bond donors (Lipinski definition) is 0. The fraction of sp³-hybridized carbons (Fsp3) is 0.0357. The van der Waals surface area contributed by atoms with E-state index in [4.69, 9.17) is 0 Å². The van der Waals surface area contributed by atoms with Crippen LogP contribution < -0.4 is 20.6 Å². The molecule has 0 aromatic heterocycles. The Morgan fingerprint density at radius 2 is 0.967 bits per heavy atom. The summed E-state index contributed by atoms with van der Waals surface area (Å²) in [6.45, 7) is 2.23. The highest BCUT2D eigenvalue weighted by Gasteiger charge is 2.57. The molecule has 0 radical (unpaired) electrons. The molecule has 0 atom stereocenters. The Bertz CT molecular complexity index is 3240. The number of hydrogen-bond acceptors (Lipinski definition) is 2. The van der Waals surface area contributed by atoms with Crippen LogP contribution in [-0.2, 0) is 5.41 Å². The molecular weight excluding hydrogens is 744 g/mol. The molecule has 0 unspecified atom stereocenters. The third-order valence-corrected chi connectivity index (χ3v) is 18.0. The monoisotopic (exact) mass is 780 g/mol. The van der Waals surface area contributed by atoms with Crippen LogP contribution in [0.1, 0.15) is 27.8 Å². The van der Waals surface area contributed by atoms with Crippen LogP contribution >= 0.6 is 10.0 Å². The first kappa shape index (κ1) is 32.9. The van der Waals surface area contributed by atoms with Crippen molar-refractivity contribution in [2.24, 2.45) is 0 Å². The Balaban J connectivity index is 1.15. The van der Waals surface area contributed by atoms with E-state index >= 15 is 0 Å². The second-order valence-electron chi connectivity index (χ2n) is 16.8. The minimum Gasteiger partial charge on any atom is -0.375 e. The highest BCUT2D eigenvalue weighted by atomic mass is 32.3. The molecule has 9 aromatic carbocycles. The van der Waals surface area contributed by atoms with Gasteiger partial charge in [-0.05, 0) is 117 Å². The third-order valence-electron chi connectivity index (χ3n) is 14.1. The molecular formula is C56H37BN2S. The lowest BCUT2D eigenvalue weighted by molar-refractivity contribution is 0.753. The van der Waals surface area contributed by atoms with Gasteiger partial charge in [-0.3, -0.25) is 0 Å². The van der Waals surface area contributed by atoms with Gasteiger partial charge in [0, 0.05) is 42.2 Å². The van der Waals surface area contributed by atoms with Crippen molar-refractivity contribution >= 4 is 56.2 Å². The van der Waals surface area contributed by atoms with Crippen molar-refractivity contribution in [2.45, 2.75) is 31.9 Å². The summed E-state index contributed by atoms with van der Waals surface area (Å²) in [7, 11) is -1.91. The van der Waals surface area contributed by atoms with Crippen molar-refractivity contribution in [3.05, 3.63) is 234 Å². The van der Waals surface area contributed by atoms with E-state index < -0.39 is 15.4 Å². The standard InChI is InChI=1S/C56H37BN2S/c1-36-34-42-41-24-16-33-52-54(41)59(49-31-14-15-32-51(49)60(52,37-18-4-2-5-19-37)38-20-6-3-7-21-38)57-47-29-17-28-46-55(47)58(50(35-36)53(42)57)48-30-13-12-27-45(48)56(46)43-25-10-8-22-39(43)40-23-9-11-26-44(40)56/h2-35H,1H3. The van der Waals surface area contributed by atoms with E-state index in [2.05, 4.69) is 223 Å². The number of rotatable bonds is 2. The van der Waals surface area contributed by atoms with Gasteiger partial charge >= 0.3 is 6.85 Å². The molecule has 0 saturated heterocycles. The number of nitrogens with zero attached hydrogens (tertiary/aromatic N) is 2. The highest BCUT2D eigenvalue weighted by molar-refractivity contribution is 8.34. The lowest BCUT2D eigenvalue weighted by Crippen LogP contribution is -2.63. The van der Waals surface area contributed by atoms with Gasteiger partial charge in [-0.1, -0.05) is 152 Å². The van der Waals surface area contributed by atoms with E-state index in [1.54, 1.807) is 0 Å². The molecule has 5 aliphatic rings. The predicted molar refractivity (Wildman–Crippen MR) is 249 cm³/mol. The summed E-state index contributed by atoms with van der Waals surface area (Å²) < 4.78 is 0. The fourth-order valence-electron chi connectivity index (χ4n) is 12.1. The summed E-state index contributed by atoms with van der Waals surface area (Å²) in [6.07, 6.45) is 0. The Hall–Kier alpha value is -7.01. The van der Waals surface area contributed by atoms with Gasteiger partial charge in [0.05, 0.1) is 16.8 Å². The van der Waals surface area contributed by atoms with Crippen LogP contribution in [0.25, 0.3) is 22.3 Å². The van der Waals surface area contributed by atoms with Crippen LogP contribution in [0.5, 0.6) is 0 Å². The number of aryl methyl sites for hydroxylation is 1. The van der Waals surface area contributed by atoms with Crippen molar-refractivity contribution < 1.29 is 0 Å². The summed E-state index contributed by atoms with van der Waals surface area (Å²) in [5.74, 6) is 0. The molecule has 4 heteroatoms. The van der Waals surface area contributed by atoms with E-state index in [0.717, 1.165) is 0 Å². The Morgan fingerprint density at radius 1 is 0.417 bits per heavy atom. The van der Waals surface area contributed by atoms with E-state index in [1.165, 1.54) is 109 Å². The van der Waals surface area contributed by atoms with Crippen molar-refractivity contribution in [3.63, 3.8) is 0 Å². The molecule has 1 aliphatic carbocycles. The van der Waals surface area contributed by atoms with Gasteiger partial charge < -0.3 is 9.71 Å². The molecule has 4 heterocycles. The summed E-state index contributed by atoms with van der Waals surface area (Å²) in [5, 5.41) is 0. The summed E-state index contributed by atoms with van der Waals surface area (Å²) in [4.78, 5) is 10.9. The van der Waals surface area contributed by atoms with E-state index in [-0.39, 0.29) is 6.85 Å². The molecule has 4 aliphatic heterocycles. The molecule has 0 fully saturated rings. The maximum Gasteiger partial charge on any atom is 0.333 e. The molecule has 1 spiro atoms. The van der Waals surface area contributed by atoms with E-state index in [1.807, 2.05) is 0 Å². The number of benzene rings is 9. The average molecular weight is 781 g/mol. The maximum atomic E-state index is 2.76. The van der Waals surface area contributed by atoms with Crippen LogP contribution in [0, 0.1) is 6.92 Å².